The van der Waals surface area contributed by atoms with Crippen LogP contribution < -0.4 is 5.32 Å². The van der Waals surface area contributed by atoms with Crippen LogP contribution in [0.5, 0.6) is 0 Å². The molecule has 1 aliphatic heterocycles. The summed E-state index contributed by atoms with van der Waals surface area (Å²) in [7, 11) is 1.92. The maximum Gasteiger partial charge on any atom is 0.123 e. The quantitative estimate of drug-likeness (QED) is 0.849. The summed E-state index contributed by atoms with van der Waals surface area (Å²) in [4.78, 5) is 0. The van der Waals surface area contributed by atoms with Gasteiger partial charge in [0.1, 0.15) is 5.82 Å². The lowest BCUT2D eigenvalue weighted by Gasteiger charge is -2.22. The van der Waals surface area contributed by atoms with Crippen molar-refractivity contribution in [3.8, 4) is 0 Å². The van der Waals surface area contributed by atoms with Gasteiger partial charge in [-0.2, -0.15) is 0 Å². The minimum Gasteiger partial charge on any atom is -0.381 e. The summed E-state index contributed by atoms with van der Waals surface area (Å²) >= 11 is 0. The first-order valence-electron chi connectivity index (χ1n) is 5.73. The molecule has 1 aromatic rings. The van der Waals surface area contributed by atoms with Crippen molar-refractivity contribution in [1.29, 1.82) is 0 Å². The molecule has 1 saturated heterocycles. The summed E-state index contributed by atoms with van der Waals surface area (Å²) < 4.78 is 18.7. The van der Waals surface area contributed by atoms with Gasteiger partial charge >= 0.3 is 0 Å². The molecule has 16 heavy (non-hydrogen) atoms. The van der Waals surface area contributed by atoms with Gasteiger partial charge in [0.15, 0.2) is 0 Å². The van der Waals surface area contributed by atoms with Crippen LogP contribution in [0.3, 0.4) is 0 Å². The molecule has 2 unspecified atom stereocenters. The molecule has 1 N–H and O–H groups in total. The van der Waals surface area contributed by atoms with E-state index in [0.29, 0.717) is 5.92 Å². The van der Waals surface area contributed by atoms with Gasteiger partial charge in [-0.3, -0.25) is 0 Å². The second-order valence-electron chi connectivity index (χ2n) is 4.45. The lowest BCUT2D eigenvalue weighted by Crippen LogP contribution is -2.25. The van der Waals surface area contributed by atoms with Gasteiger partial charge in [-0.25, -0.2) is 4.39 Å². The van der Waals surface area contributed by atoms with E-state index >= 15 is 0 Å². The van der Waals surface area contributed by atoms with E-state index in [9.17, 15) is 4.39 Å². The van der Waals surface area contributed by atoms with Crippen molar-refractivity contribution in [1.82, 2.24) is 5.32 Å². The van der Waals surface area contributed by atoms with Crippen molar-refractivity contribution < 1.29 is 9.13 Å². The molecule has 0 aliphatic carbocycles. The van der Waals surface area contributed by atoms with Crippen LogP contribution in [0.4, 0.5) is 4.39 Å². The maximum atomic E-state index is 13.4. The third kappa shape index (κ3) is 2.42. The molecule has 2 atom stereocenters. The van der Waals surface area contributed by atoms with E-state index in [2.05, 4.69) is 5.32 Å². The molecule has 2 rings (SSSR count). The van der Waals surface area contributed by atoms with Crippen LogP contribution in [0.2, 0.25) is 0 Å². The minimum absolute atomic E-state index is 0.158. The Kier molecular flexibility index (Phi) is 3.56. The van der Waals surface area contributed by atoms with Gasteiger partial charge in [0, 0.05) is 18.6 Å². The number of hydrogen-bond donors (Lipinski definition) is 1. The number of ether oxygens (including phenoxy) is 1. The van der Waals surface area contributed by atoms with E-state index in [1.807, 2.05) is 20.0 Å². The van der Waals surface area contributed by atoms with Crippen LogP contribution in [-0.2, 0) is 4.74 Å². The second-order valence-corrected chi connectivity index (χ2v) is 4.45. The summed E-state index contributed by atoms with van der Waals surface area (Å²) in [6.07, 6.45) is 1.04. The van der Waals surface area contributed by atoms with E-state index in [1.54, 1.807) is 12.1 Å². The average Bonchev–Trinajstić information content (AvgIpc) is 2.70. The Morgan fingerprint density at radius 1 is 1.44 bits per heavy atom. The normalized spacial score (nSPS) is 22.3. The molecular formula is C13H18FNO. The molecule has 3 heteroatoms. The highest BCUT2D eigenvalue weighted by Crippen LogP contribution is 2.29. The SMILES string of the molecule is CNC(c1cc(C)cc(F)c1)C1CCOC1. The van der Waals surface area contributed by atoms with Gasteiger partial charge in [-0.1, -0.05) is 6.07 Å². The molecule has 0 radical (unpaired) electrons. The summed E-state index contributed by atoms with van der Waals surface area (Å²) in [6.45, 7) is 3.50. The Morgan fingerprint density at radius 3 is 2.81 bits per heavy atom. The summed E-state index contributed by atoms with van der Waals surface area (Å²) in [5, 5.41) is 3.27. The fraction of sp³-hybridized carbons (Fsp3) is 0.538. The topological polar surface area (TPSA) is 21.3 Å². The average molecular weight is 223 g/mol. The molecule has 1 fully saturated rings. The zero-order valence-corrected chi connectivity index (χ0v) is 9.79. The molecule has 0 aromatic heterocycles. The van der Waals surface area contributed by atoms with Crippen LogP contribution in [0.1, 0.15) is 23.6 Å². The number of rotatable bonds is 3. The minimum atomic E-state index is -0.158. The monoisotopic (exact) mass is 223 g/mol. The largest absolute Gasteiger partial charge is 0.381 e. The van der Waals surface area contributed by atoms with Gasteiger partial charge in [0.25, 0.3) is 0 Å². The Morgan fingerprint density at radius 2 is 2.25 bits per heavy atom. The Balaban J connectivity index is 2.24. The van der Waals surface area contributed by atoms with Gasteiger partial charge in [0.2, 0.25) is 0 Å². The van der Waals surface area contributed by atoms with E-state index < -0.39 is 0 Å². The second kappa shape index (κ2) is 4.93. The molecular weight excluding hydrogens is 205 g/mol. The molecule has 0 bridgehead atoms. The fourth-order valence-electron chi connectivity index (χ4n) is 2.43. The summed E-state index contributed by atoms with van der Waals surface area (Å²) in [5.41, 5.74) is 1.99. The van der Waals surface area contributed by atoms with Crippen LogP contribution in [0, 0.1) is 18.7 Å². The third-order valence-electron chi connectivity index (χ3n) is 3.17. The van der Waals surface area contributed by atoms with Crippen molar-refractivity contribution in [3.05, 3.63) is 35.1 Å². The van der Waals surface area contributed by atoms with Crippen LogP contribution >= 0.6 is 0 Å². The van der Waals surface area contributed by atoms with Gasteiger partial charge in [0.05, 0.1) is 6.61 Å². The van der Waals surface area contributed by atoms with Gasteiger partial charge in [-0.15, -0.1) is 0 Å². The van der Waals surface area contributed by atoms with Gasteiger partial charge < -0.3 is 10.1 Å². The first-order chi connectivity index (χ1) is 7.70. The summed E-state index contributed by atoms with van der Waals surface area (Å²) in [5.74, 6) is 0.292. The smallest absolute Gasteiger partial charge is 0.123 e. The predicted molar refractivity (Wildman–Crippen MR) is 61.9 cm³/mol. The lowest BCUT2D eigenvalue weighted by molar-refractivity contribution is 0.177. The highest BCUT2D eigenvalue weighted by Gasteiger charge is 2.26. The zero-order valence-electron chi connectivity index (χ0n) is 9.79. The number of benzene rings is 1. The van der Waals surface area contributed by atoms with Gasteiger partial charge in [-0.05, 0) is 43.7 Å². The Hall–Kier alpha value is -0.930. The van der Waals surface area contributed by atoms with Crippen molar-refractivity contribution in [2.45, 2.75) is 19.4 Å². The van der Waals surface area contributed by atoms with E-state index in [1.165, 1.54) is 0 Å². The highest BCUT2D eigenvalue weighted by atomic mass is 19.1. The van der Waals surface area contributed by atoms with Crippen LogP contribution in [-0.4, -0.2) is 20.3 Å². The maximum absolute atomic E-state index is 13.4. The van der Waals surface area contributed by atoms with E-state index in [-0.39, 0.29) is 11.9 Å². The third-order valence-corrected chi connectivity index (χ3v) is 3.17. The zero-order chi connectivity index (χ0) is 11.5. The molecule has 88 valence electrons. The van der Waals surface area contributed by atoms with Crippen molar-refractivity contribution in [3.63, 3.8) is 0 Å². The van der Waals surface area contributed by atoms with Crippen LogP contribution in [0.15, 0.2) is 18.2 Å². The molecule has 0 amide bonds. The molecule has 1 heterocycles. The number of nitrogens with one attached hydrogen (secondary N) is 1. The first-order valence-corrected chi connectivity index (χ1v) is 5.73. The molecule has 0 spiro atoms. The van der Waals surface area contributed by atoms with E-state index in [0.717, 1.165) is 30.8 Å². The predicted octanol–water partition coefficient (Wildman–Crippen LogP) is 2.43. The molecule has 0 saturated carbocycles. The van der Waals surface area contributed by atoms with Crippen molar-refractivity contribution in [2.24, 2.45) is 5.92 Å². The molecule has 1 aliphatic rings. The number of halogens is 1. The lowest BCUT2D eigenvalue weighted by atomic mass is 9.91. The van der Waals surface area contributed by atoms with Crippen molar-refractivity contribution >= 4 is 0 Å². The molecule has 2 nitrogen and oxygen atoms in total. The first kappa shape index (κ1) is 11.6. The number of aryl methyl sites for hydroxylation is 1. The van der Waals surface area contributed by atoms with Crippen LogP contribution in [0.25, 0.3) is 0 Å². The fourth-order valence-corrected chi connectivity index (χ4v) is 2.43. The Bertz CT molecular complexity index is 341. The highest BCUT2D eigenvalue weighted by molar-refractivity contribution is 5.27. The van der Waals surface area contributed by atoms with E-state index in [4.69, 9.17) is 4.74 Å². The number of hydrogen-bond acceptors (Lipinski definition) is 2. The summed E-state index contributed by atoms with van der Waals surface area (Å²) in [6, 6.07) is 5.41. The standard InChI is InChI=1S/C13H18FNO/c1-9-5-11(7-12(14)6-9)13(15-2)10-3-4-16-8-10/h5-7,10,13,15H,3-4,8H2,1-2H3. The van der Waals surface area contributed by atoms with Crippen molar-refractivity contribution in [2.75, 3.05) is 20.3 Å². The Labute approximate surface area is 95.8 Å². The molecule has 1 aromatic carbocycles.